The van der Waals surface area contributed by atoms with Crippen molar-refractivity contribution in [1.29, 1.82) is 0 Å². The first-order chi connectivity index (χ1) is 7.60. The van der Waals surface area contributed by atoms with E-state index in [0.717, 1.165) is 16.8 Å². The number of esters is 1. The van der Waals surface area contributed by atoms with Crippen LogP contribution in [0.1, 0.15) is 30.7 Å². The minimum Gasteiger partial charge on any atom is -0.466 e. The van der Waals surface area contributed by atoms with E-state index in [9.17, 15) is 4.79 Å². The molecule has 1 atom stereocenters. The van der Waals surface area contributed by atoms with Crippen molar-refractivity contribution in [1.82, 2.24) is 4.98 Å². The monoisotopic (exact) mass is 221 g/mol. The zero-order valence-electron chi connectivity index (χ0n) is 10.2. The molecule has 0 saturated carbocycles. The van der Waals surface area contributed by atoms with Crippen molar-refractivity contribution < 1.29 is 9.53 Å². The van der Waals surface area contributed by atoms with Crippen molar-refractivity contribution in [2.45, 2.75) is 27.2 Å². The van der Waals surface area contributed by atoms with Crippen molar-refractivity contribution >= 4 is 12.0 Å². The highest BCUT2D eigenvalue weighted by Gasteiger charge is 2.16. The van der Waals surface area contributed by atoms with Crippen molar-refractivity contribution in [3.8, 4) is 0 Å². The first-order valence-corrected chi connectivity index (χ1v) is 5.56. The lowest BCUT2D eigenvalue weighted by Gasteiger charge is -2.10. The number of carbonyl (C=O) groups excluding carboxylic acids is 1. The number of rotatable bonds is 5. The summed E-state index contributed by atoms with van der Waals surface area (Å²) in [6.45, 7) is 9.91. The molecule has 1 unspecified atom stereocenters. The summed E-state index contributed by atoms with van der Waals surface area (Å²) in [4.78, 5) is 14.6. The highest BCUT2D eigenvalue weighted by atomic mass is 16.5. The number of hydrogen-bond acceptors (Lipinski definition) is 2. The molecule has 1 rings (SSSR count). The highest BCUT2D eigenvalue weighted by Crippen LogP contribution is 2.19. The summed E-state index contributed by atoms with van der Waals surface area (Å²) in [6.07, 6.45) is 4.44. The second-order valence-electron chi connectivity index (χ2n) is 3.91. The van der Waals surface area contributed by atoms with E-state index in [1.165, 1.54) is 0 Å². The lowest BCUT2D eigenvalue weighted by Crippen LogP contribution is -2.17. The topological polar surface area (TPSA) is 42.1 Å². The summed E-state index contributed by atoms with van der Waals surface area (Å²) in [6, 6.07) is 0. The van der Waals surface area contributed by atoms with Gasteiger partial charge in [0.25, 0.3) is 0 Å². The Balaban J connectivity index is 2.72. The Morgan fingerprint density at radius 1 is 1.69 bits per heavy atom. The molecule has 3 nitrogen and oxygen atoms in total. The van der Waals surface area contributed by atoms with Crippen LogP contribution in [0, 0.1) is 12.8 Å². The lowest BCUT2D eigenvalue weighted by molar-refractivity contribution is -0.147. The highest BCUT2D eigenvalue weighted by molar-refractivity contribution is 5.72. The molecule has 0 spiro atoms. The number of ether oxygens (including phenoxy) is 1. The Morgan fingerprint density at radius 2 is 2.38 bits per heavy atom. The first kappa shape index (κ1) is 12.6. The average Bonchev–Trinajstić information content (AvgIpc) is 2.59. The van der Waals surface area contributed by atoms with Gasteiger partial charge in [-0.1, -0.05) is 19.6 Å². The van der Waals surface area contributed by atoms with Crippen LogP contribution in [-0.4, -0.2) is 17.6 Å². The van der Waals surface area contributed by atoms with Gasteiger partial charge in [0.2, 0.25) is 0 Å². The quantitative estimate of drug-likeness (QED) is 0.777. The molecule has 0 bridgehead atoms. The third-order valence-corrected chi connectivity index (χ3v) is 2.63. The number of H-pyrrole nitrogens is 1. The molecular formula is C13H19NO2. The van der Waals surface area contributed by atoms with Gasteiger partial charge < -0.3 is 9.72 Å². The summed E-state index contributed by atoms with van der Waals surface area (Å²) in [7, 11) is 0. The summed E-state index contributed by atoms with van der Waals surface area (Å²) in [5, 5.41) is 0. The molecule has 0 fully saturated rings. The fraction of sp³-hybridized carbons (Fsp3) is 0.462. The van der Waals surface area contributed by atoms with E-state index in [-0.39, 0.29) is 11.9 Å². The largest absolute Gasteiger partial charge is 0.466 e. The number of aryl methyl sites for hydroxylation is 1. The molecule has 0 aliphatic carbocycles. The molecule has 1 aromatic heterocycles. The van der Waals surface area contributed by atoms with Crippen LogP contribution in [0.3, 0.4) is 0 Å². The molecular weight excluding hydrogens is 202 g/mol. The van der Waals surface area contributed by atoms with Gasteiger partial charge in [-0.3, -0.25) is 4.79 Å². The van der Waals surface area contributed by atoms with E-state index in [1.807, 2.05) is 33.0 Å². The van der Waals surface area contributed by atoms with E-state index in [1.54, 1.807) is 0 Å². The van der Waals surface area contributed by atoms with Gasteiger partial charge in [0.15, 0.2) is 0 Å². The normalized spacial score (nSPS) is 12.2. The van der Waals surface area contributed by atoms with Crippen LogP contribution in [-0.2, 0) is 16.0 Å². The Labute approximate surface area is 96.5 Å². The van der Waals surface area contributed by atoms with Gasteiger partial charge in [-0.15, -0.1) is 0 Å². The van der Waals surface area contributed by atoms with Gasteiger partial charge in [0, 0.05) is 11.9 Å². The summed E-state index contributed by atoms with van der Waals surface area (Å²) in [5.74, 6) is -0.259. The third kappa shape index (κ3) is 2.75. The molecule has 3 heteroatoms. The molecule has 1 aromatic rings. The molecule has 1 N–H and O–H groups in total. The van der Waals surface area contributed by atoms with Crippen LogP contribution in [0.15, 0.2) is 12.8 Å². The van der Waals surface area contributed by atoms with E-state index in [4.69, 9.17) is 4.74 Å². The van der Waals surface area contributed by atoms with Gasteiger partial charge in [-0.2, -0.15) is 0 Å². The predicted octanol–water partition coefficient (Wildman–Crippen LogP) is 2.71. The zero-order valence-corrected chi connectivity index (χ0v) is 10.2. The van der Waals surface area contributed by atoms with Crippen molar-refractivity contribution in [3.63, 3.8) is 0 Å². The van der Waals surface area contributed by atoms with Gasteiger partial charge in [0.1, 0.15) is 0 Å². The summed E-state index contributed by atoms with van der Waals surface area (Å²) >= 11 is 0. The molecule has 0 amide bonds. The maximum atomic E-state index is 11.5. The van der Waals surface area contributed by atoms with Crippen LogP contribution in [0.2, 0.25) is 0 Å². The summed E-state index contributed by atoms with van der Waals surface area (Å²) in [5.41, 5.74) is 3.30. The Bertz CT molecular complexity index is 379. The van der Waals surface area contributed by atoms with Crippen LogP contribution in [0.4, 0.5) is 0 Å². The number of carbonyl (C=O) groups is 1. The molecule has 88 valence electrons. The fourth-order valence-corrected chi connectivity index (χ4v) is 1.74. The SMILES string of the molecule is C=Cc1c(CC(C)C(=O)OCC)c[nH]c1C. The zero-order chi connectivity index (χ0) is 12.1. The van der Waals surface area contributed by atoms with Gasteiger partial charge in [-0.05, 0) is 31.4 Å². The van der Waals surface area contributed by atoms with Crippen LogP contribution in [0.5, 0.6) is 0 Å². The molecule has 0 aromatic carbocycles. The third-order valence-electron chi connectivity index (χ3n) is 2.63. The molecule has 0 saturated heterocycles. The van der Waals surface area contributed by atoms with Crippen LogP contribution >= 0.6 is 0 Å². The van der Waals surface area contributed by atoms with Gasteiger partial charge in [-0.25, -0.2) is 0 Å². The van der Waals surface area contributed by atoms with Crippen molar-refractivity contribution in [2.75, 3.05) is 6.61 Å². The van der Waals surface area contributed by atoms with E-state index in [2.05, 4.69) is 11.6 Å². The van der Waals surface area contributed by atoms with Crippen molar-refractivity contribution in [2.24, 2.45) is 5.92 Å². The lowest BCUT2D eigenvalue weighted by atomic mass is 9.99. The van der Waals surface area contributed by atoms with E-state index < -0.39 is 0 Å². The number of aromatic nitrogens is 1. The second-order valence-corrected chi connectivity index (χ2v) is 3.91. The number of hydrogen-bond donors (Lipinski definition) is 1. The Hall–Kier alpha value is -1.51. The molecule has 0 radical (unpaired) electrons. The average molecular weight is 221 g/mol. The molecule has 16 heavy (non-hydrogen) atoms. The second kappa shape index (κ2) is 5.54. The fourth-order valence-electron chi connectivity index (χ4n) is 1.74. The standard InChI is InChI=1S/C13H19NO2/c1-5-12-10(4)14-8-11(12)7-9(3)13(15)16-6-2/h5,8-9,14H,1,6-7H2,2-4H3. The smallest absolute Gasteiger partial charge is 0.308 e. The minimum absolute atomic E-state index is 0.117. The van der Waals surface area contributed by atoms with Crippen LogP contribution < -0.4 is 0 Å². The predicted molar refractivity (Wildman–Crippen MR) is 65.1 cm³/mol. The number of nitrogens with one attached hydrogen (secondary N) is 1. The minimum atomic E-state index is -0.142. The molecule has 0 aliphatic rings. The van der Waals surface area contributed by atoms with Gasteiger partial charge in [0.05, 0.1) is 12.5 Å². The van der Waals surface area contributed by atoms with Crippen molar-refractivity contribution in [3.05, 3.63) is 29.6 Å². The van der Waals surface area contributed by atoms with Gasteiger partial charge >= 0.3 is 5.97 Å². The van der Waals surface area contributed by atoms with E-state index >= 15 is 0 Å². The Kier molecular flexibility index (Phi) is 4.35. The maximum Gasteiger partial charge on any atom is 0.308 e. The maximum absolute atomic E-state index is 11.5. The number of aromatic amines is 1. The summed E-state index contributed by atoms with van der Waals surface area (Å²) < 4.78 is 4.98. The van der Waals surface area contributed by atoms with Crippen LogP contribution in [0.25, 0.3) is 6.08 Å². The van der Waals surface area contributed by atoms with E-state index in [0.29, 0.717) is 13.0 Å². The Morgan fingerprint density at radius 3 is 2.94 bits per heavy atom. The molecule has 0 aliphatic heterocycles. The molecule has 1 heterocycles. The first-order valence-electron chi connectivity index (χ1n) is 5.56.